The maximum absolute atomic E-state index is 13.3. The molecule has 0 aliphatic rings. The summed E-state index contributed by atoms with van der Waals surface area (Å²) in [4.78, 5) is 38.4. The topological polar surface area (TPSA) is 77.3 Å². The highest BCUT2D eigenvalue weighted by Crippen LogP contribution is 2.31. The molecule has 0 aromatic heterocycles. The third kappa shape index (κ3) is 19.8. The van der Waals surface area contributed by atoms with Gasteiger partial charge in [0.1, 0.15) is 11.5 Å². The number of nitrogens with zero attached hydrogens (tertiary/aromatic N) is 2. The average molecular weight is 975 g/mol. The Morgan fingerprint density at radius 2 is 0.857 bits per heavy atom. The van der Waals surface area contributed by atoms with Crippen molar-refractivity contribution in [2.24, 2.45) is 9.98 Å². The maximum atomic E-state index is 13.3. The van der Waals surface area contributed by atoms with E-state index in [1.165, 1.54) is 138 Å². The number of thioether (sulfide) groups is 2. The quantitative estimate of drug-likeness (QED) is 0.0138. The van der Waals surface area contributed by atoms with Gasteiger partial charge >= 0.3 is 11.9 Å². The summed E-state index contributed by atoms with van der Waals surface area (Å²) < 4.78 is 11.7. The Hall–Kier alpha value is -5.44. The number of benzene rings is 6. The van der Waals surface area contributed by atoms with Crippen LogP contribution in [0.25, 0.3) is 10.8 Å². The molecule has 0 aliphatic carbocycles. The molecule has 0 fully saturated rings. The molecule has 0 saturated heterocycles. The van der Waals surface area contributed by atoms with Crippen LogP contribution in [0.4, 0.5) is 11.4 Å². The van der Waals surface area contributed by atoms with E-state index in [1.807, 2.05) is 90.3 Å². The van der Waals surface area contributed by atoms with Crippen LogP contribution >= 0.6 is 23.5 Å². The predicted octanol–water partition coefficient (Wildman–Crippen LogP) is 18.8. The number of carbonyl (C=O) groups is 2. The fourth-order valence-electron chi connectivity index (χ4n) is 8.22. The Kier molecular flexibility index (Phi) is 24.4. The van der Waals surface area contributed by atoms with Crippen molar-refractivity contribution in [2.45, 2.75) is 152 Å². The first-order valence-electron chi connectivity index (χ1n) is 26.2. The van der Waals surface area contributed by atoms with Crippen molar-refractivity contribution < 1.29 is 19.1 Å². The van der Waals surface area contributed by atoms with Crippen molar-refractivity contribution in [3.63, 3.8) is 0 Å². The van der Waals surface area contributed by atoms with Crippen molar-refractivity contribution in [2.75, 3.05) is 11.5 Å². The number of aliphatic imine (C=N–C) groups is 2. The van der Waals surface area contributed by atoms with Gasteiger partial charge in [0.15, 0.2) is 0 Å². The van der Waals surface area contributed by atoms with E-state index in [-0.39, 0.29) is 0 Å². The monoisotopic (exact) mass is 975 g/mol. The molecule has 0 heterocycles. The van der Waals surface area contributed by atoms with Crippen molar-refractivity contribution in [1.82, 2.24) is 0 Å². The first kappa shape index (κ1) is 53.9. The van der Waals surface area contributed by atoms with Crippen LogP contribution in [0, 0.1) is 0 Å². The third-order valence-corrected chi connectivity index (χ3v) is 14.6. The van der Waals surface area contributed by atoms with Gasteiger partial charge in [-0.05, 0) is 132 Å². The summed E-state index contributed by atoms with van der Waals surface area (Å²) in [5.74, 6) is 2.04. The highest BCUT2D eigenvalue weighted by Gasteiger charge is 2.14. The number of unbranched alkanes of at least 4 members (excludes halogenated alkanes) is 18. The van der Waals surface area contributed by atoms with E-state index in [0.29, 0.717) is 28.0 Å². The first-order chi connectivity index (χ1) is 34.5. The Morgan fingerprint density at radius 1 is 0.443 bits per heavy atom. The molecule has 0 saturated carbocycles. The number of ether oxygens (including phenoxy) is 2. The van der Waals surface area contributed by atoms with Gasteiger partial charge in [-0.1, -0.05) is 172 Å². The largest absolute Gasteiger partial charge is 0.423 e. The summed E-state index contributed by atoms with van der Waals surface area (Å²) in [5.41, 5.74) is 4.34. The zero-order valence-corrected chi connectivity index (χ0v) is 43.4. The molecule has 0 atom stereocenters. The van der Waals surface area contributed by atoms with Gasteiger partial charge in [-0.3, -0.25) is 9.98 Å². The first-order valence-corrected chi connectivity index (χ1v) is 28.2. The Labute approximate surface area is 427 Å². The minimum absolute atomic E-state index is 0.345. The highest BCUT2D eigenvalue weighted by atomic mass is 32.2. The number of rotatable bonds is 32. The molecule has 6 rings (SSSR count). The number of hydrogen-bond acceptors (Lipinski definition) is 8. The molecule has 70 heavy (non-hydrogen) atoms. The zero-order chi connectivity index (χ0) is 48.9. The minimum atomic E-state index is -0.488. The Balaban J connectivity index is 0.908. The molecule has 0 radical (unpaired) electrons. The van der Waals surface area contributed by atoms with Crippen molar-refractivity contribution >= 4 is 70.0 Å². The lowest BCUT2D eigenvalue weighted by Crippen LogP contribution is -2.09. The molecular weight excluding hydrogens is 901 g/mol. The second-order valence-corrected chi connectivity index (χ2v) is 20.6. The van der Waals surface area contributed by atoms with E-state index in [4.69, 9.17) is 9.47 Å². The van der Waals surface area contributed by atoms with Gasteiger partial charge in [0.25, 0.3) is 0 Å². The summed E-state index contributed by atoms with van der Waals surface area (Å²) in [7, 11) is 0. The molecular formula is C62H74N2O4S2. The SMILES string of the molecule is CCCCCCCCCCCCSc1ccc(N=Cc2ccc(C(=O)Oc3ccc4cccc(OC(=O)c5ccc(C=Nc6ccc(SCCCCCCCCCCCC)cc6)cc5)c4c3)cc2)cc1. The van der Waals surface area contributed by atoms with Crippen LogP contribution in [0.3, 0.4) is 0 Å². The second kappa shape index (κ2) is 31.7. The van der Waals surface area contributed by atoms with Gasteiger partial charge in [0, 0.05) is 27.6 Å². The van der Waals surface area contributed by atoms with Crippen LogP contribution in [-0.2, 0) is 0 Å². The second-order valence-electron chi connectivity index (χ2n) is 18.2. The Morgan fingerprint density at radius 3 is 1.30 bits per heavy atom. The molecule has 6 aromatic carbocycles. The van der Waals surface area contributed by atoms with E-state index in [2.05, 4.69) is 48.1 Å². The standard InChI is InChI=1S/C62H74N2O4S2/c1-3-5-7-9-11-13-15-17-19-21-44-69-57-40-35-54(36-41-57)63-47-49-26-30-52(31-27-49)61(65)67-56-39-34-51-24-23-25-60(59(51)46-56)68-62(66)53-32-28-50(29-33-53)48-64-55-37-42-58(43-38-55)70-45-22-20-18-16-14-12-10-8-6-4-2/h23-43,46-48H,3-22,44-45H2,1-2H3. The predicted molar refractivity (Wildman–Crippen MR) is 299 cm³/mol. The number of fused-ring (bicyclic) bond motifs is 1. The van der Waals surface area contributed by atoms with E-state index in [0.717, 1.165) is 39.4 Å². The molecule has 0 amide bonds. The van der Waals surface area contributed by atoms with E-state index < -0.39 is 11.9 Å². The number of hydrogen-bond donors (Lipinski definition) is 0. The van der Waals surface area contributed by atoms with Crippen LogP contribution in [0.5, 0.6) is 11.5 Å². The molecule has 0 bridgehead atoms. The summed E-state index contributed by atoms with van der Waals surface area (Å²) >= 11 is 3.83. The minimum Gasteiger partial charge on any atom is -0.423 e. The number of esters is 2. The van der Waals surface area contributed by atoms with Gasteiger partial charge in [-0.2, -0.15) is 0 Å². The zero-order valence-electron chi connectivity index (χ0n) is 41.8. The van der Waals surface area contributed by atoms with Crippen LogP contribution < -0.4 is 9.47 Å². The maximum Gasteiger partial charge on any atom is 0.343 e. The third-order valence-electron chi connectivity index (χ3n) is 12.5. The van der Waals surface area contributed by atoms with Crippen molar-refractivity contribution in [3.8, 4) is 11.5 Å². The molecule has 0 unspecified atom stereocenters. The van der Waals surface area contributed by atoms with Crippen LogP contribution in [-0.4, -0.2) is 35.9 Å². The van der Waals surface area contributed by atoms with Crippen LogP contribution in [0.2, 0.25) is 0 Å². The lowest BCUT2D eigenvalue weighted by molar-refractivity contribution is 0.0724. The summed E-state index contributed by atoms with van der Waals surface area (Å²) in [6.07, 6.45) is 30.7. The molecule has 6 nitrogen and oxygen atoms in total. The molecule has 8 heteroatoms. The van der Waals surface area contributed by atoms with Crippen LogP contribution in [0.15, 0.2) is 153 Å². The highest BCUT2D eigenvalue weighted by molar-refractivity contribution is 7.99. The van der Waals surface area contributed by atoms with Gasteiger partial charge in [0.05, 0.1) is 22.5 Å². The lowest BCUT2D eigenvalue weighted by atomic mass is 10.1. The van der Waals surface area contributed by atoms with Crippen molar-refractivity contribution in [1.29, 1.82) is 0 Å². The molecule has 0 aliphatic heterocycles. The fraction of sp³-hybridized carbons (Fsp3) is 0.387. The van der Waals surface area contributed by atoms with E-state index >= 15 is 0 Å². The summed E-state index contributed by atoms with van der Waals surface area (Å²) in [5, 5.41) is 1.50. The van der Waals surface area contributed by atoms with E-state index in [1.54, 1.807) is 54.9 Å². The lowest BCUT2D eigenvalue weighted by Gasteiger charge is -2.10. The normalized spacial score (nSPS) is 11.5. The van der Waals surface area contributed by atoms with Crippen LogP contribution in [0.1, 0.15) is 174 Å². The number of carbonyl (C=O) groups excluding carboxylic acids is 2. The van der Waals surface area contributed by atoms with Gasteiger partial charge in [-0.15, -0.1) is 23.5 Å². The molecule has 0 spiro atoms. The smallest absolute Gasteiger partial charge is 0.343 e. The summed E-state index contributed by atoms with van der Waals surface area (Å²) in [6, 6.07) is 41.9. The van der Waals surface area contributed by atoms with E-state index in [9.17, 15) is 9.59 Å². The Bertz CT molecular complexity index is 2500. The molecule has 0 N–H and O–H groups in total. The van der Waals surface area contributed by atoms with Crippen molar-refractivity contribution in [3.05, 3.63) is 156 Å². The van der Waals surface area contributed by atoms with Gasteiger partial charge < -0.3 is 9.47 Å². The molecule has 368 valence electrons. The average Bonchev–Trinajstić information content (AvgIpc) is 3.39. The van der Waals surface area contributed by atoms with Gasteiger partial charge in [0.2, 0.25) is 0 Å². The summed E-state index contributed by atoms with van der Waals surface area (Å²) in [6.45, 7) is 4.55. The molecule has 6 aromatic rings. The fourth-order valence-corrected chi connectivity index (χ4v) is 10.1. The van der Waals surface area contributed by atoms with Gasteiger partial charge in [-0.25, -0.2) is 9.59 Å².